The molecule has 8 nitrogen and oxygen atoms in total. The van der Waals surface area contributed by atoms with Crippen LogP contribution in [-0.2, 0) is 0 Å². The number of amides is 2. The summed E-state index contributed by atoms with van der Waals surface area (Å²) in [7, 11) is 0. The van der Waals surface area contributed by atoms with Gasteiger partial charge in [-0.05, 0) is 38.1 Å². The molecule has 0 saturated heterocycles. The number of aromatic amines is 1. The van der Waals surface area contributed by atoms with E-state index in [1.165, 1.54) is 11.3 Å². The van der Waals surface area contributed by atoms with Crippen LogP contribution in [0.25, 0.3) is 17.1 Å². The predicted molar refractivity (Wildman–Crippen MR) is 111 cm³/mol. The van der Waals surface area contributed by atoms with E-state index in [1.54, 1.807) is 23.8 Å². The Balaban J connectivity index is 1.56. The maximum Gasteiger partial charge on any atom is 0.265 e. The van der Waals surface area contributed by atoms with Crippen LogP contribution in [0.5, 0.6) is 0 Å². The number of hydrogen-bond acceptors (Lipinski definition) is 5. The van der Waals surface area contributed by atoms with Crippen molar-refractivity contribution in [2.75, 3.05) is 5.32 Å². The van der Waals surface area contributed by atoms with E-state index in [0.717, 1.165) is 22.8 Å². The van der Waals surface area contributed by atoms with Gasteiger partial charge >= 0.3 is 0 Å². The zero-order valence-corrected chi connectivity index (χ0v) is 16.6. The largest absolute Gasteiger partial charge is 0.364 e. The van der Waals surface area contributed by atoms with Crippen LogP contribution in [0.4, 0.5) is 5.13 Å². The van der Waals surface area contributed by atoms with Crippen LogP contribution in [0.2, 0.25) is 0 Å². The number of carbonyl (C=O) groups excluding carboxylic acids is 2. The molecular weight excluding hydrogens is 388 g/mol. The molecule has 0 fully saturated rings. The van der Waals surface area contributed by atoms with Gasteiger partial charge in [0, 0.05) is 34.7 Å². The third-order valence-electron chi connectivity index (χ3n) is 4.52. The van der Waals surface area contributed by atoms with E-state index in [2.05, 4.69) is 20.3 Å². The smallest absolute Gasteiger partial charge is 0.265 e. The topological polar surface area (TPSA) is 119 Å². The number of hydrogen-bond donors (Lipinski definition) is 3. The number of anilines is 1. The van der Waals surface area contributed by atoms with Crippen LogP contribution in [0.1, 0.15) is 32.2 Å². The first kappa shape index (κ1) is 18.6. The average molecular weight is 406 g/mol. The van der Waals surface area contributed by atoms with Crippen molar-refractivity contribution < 1.29 is 9.59 Å². The predicted octanol–water partition coefficient (Wildman–Crippen LogP) is 3.29. The lowest BCUT2D eigenvalue weighted by atomic mass is 10.2. The molecule has 0 aliphatic carbocycles. The number of nitrogens with zero attached hydrogens (tertiary/aromatic N) is 3. The van der Waals surface area contributed by atoms with Crippen molar-refractivity contribution in [1.29, 1.82) is 0 Å². The minimum absolute atomic E-state index is 0.243. The molecule has 0 radical (unpaired) electrons. The Morgan fingerprint density at radius 1 is 1.24 bits per heavy atom. The Kier molecular flexibility index (Phi) is 4.73. The molecule has 146 valence electrons. The standard InChI is InChI=1S/C20H18N6O2S/c1-11-7-14(12(2)26(11)17-5-3-4-6-22-17)19(28)25-20-24-16(10-29-20)13-8-15(18(21)27)23-9-13/h3-10,23H,1-2H3,(H2,21,27)(H,24,25,28). The van der Waals surface area contributed by atoms with E-state index in [4.69, 9.17) is 5.73 Å². The summed E-state index contributed by atoms with van der Waals surface area (Å²) in [6.07, 6.45) is 3.37. The van der Waals surface area contributed by atoms with Crippen molar-refractivity contribution in [3.05, 3.63) is 70.8 Å². The molecule has 4 heterocycles. The highest BCUT2D eigenvalue weighted by atomic mass is 32.1. The summed E-state index contributed by atoms with van der Waals surface area (Å²) in [4.78, 5) is 35.7. The zero-order valence-electron chi connectivity index (χ0n) is 15.8. The first-order valence-corrected chi connectivity index (χ1v) is 9.68. The second-order valence-electron chi connectivity index (χ2n) is 6.47. The van der Waals surface area contributed by atoms with Crippen molar-refractivity contribution in [2.24, 2.45) is 5.73 Å². The van der Waals surface area contributed by atoms with Gasteiger partial charge in [-0.3, -0.25) is 14.9 Å². The minimum Gasteiger partial charge on any atom is -0.364 e. The van der Waals surface area contributed by atoms with Gasteiger partial charge in [-0.25, -0.2) is 9.97 Å². The maximum atomic E-state index is 12.8. The maximum absolute atomic E-state index is 12.8. The van der Waals surface area contributed by atoms with Gasteiger partial charge < -0.3 is 15.3 Å². The molecule has 0 aliphatic rings. The van der Waals surface area contributed by atoms with Gasteiger partial charge in [-0.1, -0.05) is 6.07 Å². The lowest BCUT2D eigenvalue weighted by molar-refractivity contribution is 0.0994. The first-order chi connectivity index (χ1) is 13.9. The summed E-state index contributed by atoms with van der Waals surface area (Å²) in [5, 5.41) is 5.12. The van der Waals surface area contributed by atoms with Crippen LogP contribution < -0.4 is 11.1 Å². The molecule has 0 aromatic carbocycles. The van der Waals surface area contributed by atoms with E-state index >= 15 is 0 Å². The third kappa shape index (κ3) is 3.55. The summed E-state index contributed by atoms with van der Waals surface area (Å²) in [5.74, 6) is -0.0212. The SMILES string of the molecule is Cc1cc(C(=O)Nc2nc(-c3c[nH]c(C(N)=O)c3)cs2)c(C)n1-c1ccccn1. The molecule has 4 aromatic rings. The van der Waals surface area contributed by atoms with E-state index < -0.39 is 5.91 Å². The van der Waals surface area contributed by atoms with Crippen molar-refractivity contribution >= 4 is 28.3 Å². The van der Waals surface area contributed by atoms with Crippen LogP contribution in [0.15, 0.2) is 48.1 Å². The van der Waals surface area contributed by atoms with E-state index in [0.29, 0.717) is 22.1 Å². The van der Waals surface area contributed by atoms with Crippen molar-refractivity contribution in [1.82, 2.24) is 19.5 Å². The Hall–Kier alpha value is -3.72. The Labute approximate surface area is 170 Å². The number of nitrogens with two attached hydrogens (primary N) is 1. The van der Waals surface area contributed by atoms with E-state index in [-0.39, 0.29) is 5.91 Å². The highest BCUT2D eigenvalue weighted by Gasteiger charge is 2.18. The second-order valence-corrected chi connectivity index (χ2v) is 7.32. The number of pyridine rings is 1. The molecule has 0 aliphatic heterocycles. The monoisotopic (exact) mass is 406 g/mol. The summed E-state index contributed by atoms with van der Waals surface area (Å²) >= 11 is 1.31. The highest BCUT2D eigenvalue weighted by Crippen LogP contribution is 2.27. The van der Waals surface area contributed by atoms with Crippen LogP contribution in [0.3, 0.4) is 0 Å². The molecule has 0 unspecified atom stereocenters. The quantitative estimate of drug-likeness (QED) is 0.471. The van der Waals surface area contributed by atoms with Gasteiger partial charge in [0.15, 0.2) is 5.13 Å². The molecule has 0 atom stereocenters. The first-order valence-electron chi connectivity index (χ1n) is 8.80. The van der Waals surface area contributed by atoms with Gasteiger partial charge in [0.05, 0.1) is 11.3 Å². The summed E-state index contributed by atoms with van der Waals surface area (Å²) < 4.78 is 1.94. The van der Waals surface area contributed by atoms with Crippen molar-refractivity contribution in [3.8, 4) is 17.1 Å². The van der Waals surface area contributed by atoms with E-state index in [1.807, 2.05) is 42.7 Å². The minimum atomic E-state index is -0.539. The van der Waals surface area contributed by atoms with Gasteiger partial charge in [0.1, 0.15) is 11.5 Å². The Morgan fingerprint density at radius 2 is 2.07 bits per heavy atom. The fourth-order valence-corrected chi connectivity index (χ4v) is 3.86. The van der Waals surface area contributed by atoms with Crippen molar-refractivity contribution in [2.45, 2.75) is 13.8 Å². The molecule has 0 bridgehead atoms. The number of aryl methyl sites for hydroxylation is 1. The van der Waals surface area contributed by atoms with Crippen LogP contribution in [-0.4, -0.2) is 31.3 Å². The fraction of sp³-hybridized carbons (Fsp3) is 0.100. The van der Waals surface area contributed by atoms with Gasteiger partial charge in [-0.15, -0.1) is 11.3 Å². The number of aromatic nitrogens is 4. The normalized spacial score (nSPS) is 10.8. The summed E-state index contributed by atoms with van der Waals surface area (Å²) in [6, 6.07) is 9.11. The molecular formula is C20H18N6O2S. The number of rotatable bonds is 5. The molecule has 4 aromatic heterocycles. The van der Waals surface area contributed by atoms with Gasteiger partial charge in [0.2, 0.25) is 0 Å². The molecule has 4 N–H and O–H groups in total. The number of primary amides is 1. The number of nitrogens with one attached hydrogen (secondary N) is 2. The molecule has 9 heteroatoms. The second kappa shape index (κ2) is 7.36. The Bertz CT molecular complexity index is 1210. The Morgan fingerprint density at radius 3 is 2.76 bits per heavy atom. The lowest BCUT2D eigenvalue weighted by Crippen LogP contribution is -2.13. The zero-order chi connectivity index (χ0) is 20.5. The van der Waals surface area contributed by atoms with E-state index in [9.17, 15) is 9.59 Å². The molecule has 4 rings (SSSR count). The van der Waals surface area contributed by atoms with Gasteiger partial charge in [-0.2, -0.15) is 0 Å². The fourth-order valence-electron chi connectivity index (χ4n) is 3.14. The average Bonchev–Trinajstić information content (AvgIpc) is 3.41. The van der Waals surface area contributed by atoms with Crippen molar-refractivity contribution in [3.63, 3.8) is 0 Å². The number of thiazole rings is 1. The molecule has 2 amide bonds. The number of H-pyrrole nitrogens is 1. The lowest BCUT2D eigenvalue weighted by Gasteiger charge is -2.08. The number of carbonyl (C=O) groups is 2. The van der Waals surface area contributed by atoms with Crippen LogP contribution in [0, 0.1) is 13.8 Å². The third-order valence-corrected chi connectivity index (χ3v) is 5.28. The highest BCUT2D eigenvalue weighted by molar-refractivity contribution is 7.14. The van der Waals surface area contributed by atoms with Gasteiger partial charge in [0.25, 0.3) is 11.8 Å². The molecule has 0 saturated carbocycles. The summed E-state index contributed by atoms with van der Waals surface area (Å²) in [6.45, 7) is 3.82. The molecule has 0 spiro atoms. The summed E-state index contributed by atoms with van der Waals surface area (Å²) in [5.41, 5.74) is 9.21. The van der Waals surface area contributed by atoms with Crippen LogP contribution >= 0.6 is 11.3 Å². The molecule has 29 heavy (non-hydrogen) atoms.